The molecule has 0 aromatic carbocycles. The molecular weight excluding hydrogens is 254 g/mol. The van der Waals surface area contributed by atoms with Crippen molar-refractivity contribution >= 4 is 17.5 Å². The Morgan fingerprint density at radius 2 is 2.10 bits per heavy atom. The maximum Gasteiger partial charge on any atom is 0.229 e. The lowest BCUT2D eigenvalue weighted by atomic mass is 10.1. The zero-order valence-electron chi connectivity index (χ0n) is 12.4. The van der Waals surface area contributed by atoms with Crippen LogP contribution < -0.4 is 5.32 Å². The molecule has 0 bridgehead atoms. The van der Waals surface area contributed by atoms with Crippen molar-refractivity contribution < 1.29 is 9.59 Å². The van der Waals surface area contributed by atoms with Gasteiger partial charge < -0.3 is 10.2 Å². The Bertz CT molecular complexity index is 517. The summed E-state index contributed by atoms with van der Waals surface area (Å²) in [5.74, 6) is -0.363. The molecule has 1 fully saturated rings. The lowest BCUT2D eigenvalue weighted by Gasteiger charge is -2.31. The molecule has 0 aliphatic carbocycles. The number of nitrogens with zero attached hydrogens (tertiary/aromatic N) is 2. The monoisotopic (exact) mass is 275 g/mol. The Morgan fingerprint density at radius 3 is 2.60 bits per heavy atom. The summed E-state index contributed by atoms with van der Waals surface area (Å²) >= 11 is 0. The molecule has 1 N–H and O–H groups in total. The van der Waals surface area contributed by atoms with Gasteiger partial charge in [0.25, 0.3) is 0 Å². The number of hydrogen-bond acceptors (Lipinski definition) is 3. The van der Waals surface area contributed by atoms with E-state index in [9.17, 15) is 9.59 Å². The summed E-state index contributed by atoms with van der Waals surface area (Å²) in [5.41, 5.74) is 1.33. The largest absolute Gasteiger partial charge is 0.337 e. The van der Waals surface area contributed by atoms with Gasteiger partial charge in [-0.05, 0) is 39.8 Å². The summed E-state index contributed by atoms with van der Waals surface area (Å²) in [6, 6.07) is 3.66. The van der Waals surface area contributed by atoms with E-state index in [1.807, 2.05) is 39.8 Å². The second-order valence-corrected chi connectivity index (χ2v) is 6.25. The Labute approximate surface area is 119 Å². The molecule has 1 saturated heterocycles. The van der Waals surface area contributed by atoms with E-state index in [1.54, 1.807) is 11.1 Å². The third-order valence-electron chi connectivity index (χ3n) is 3.48. The number of hydrogen-bond donors (Lipinski definition) is 1. The van der Waals surface area contributed by atoms with Crippen LogP contribution in [0.4, 0.5) is 5.69 Å². The number of aromatic nitrogens is 1. The van der Waals surface area contributed by atoms with Crippen LogP contribution in [0, 0.1) is 12.8 Å². The van der Waals surface area contributed by atoms with Crippen molar-refractivity contribution in [2.24, 2.45) is 5.92 Å². The Hall–Kier alpha value is -1.91. The number of pyridine rings is 1. The highest BCUT2D eigenvalue weighted by Crippen LogP contribution is 2.26. The molecule has 1 aromatic heterocycles. The summed E-state index contributed by atoms with van der Waals surface area (Å²) in [4.78, 5) is 30.1. The van der Waals surface area contributed by atoms with Crippen LogP contribution >= 0.6 is 0 Å². The Morgan fingerprint density at radius 1 is 1.40 bits per heavy atom. The number of rotatable bonds is 2. The number of carbonyl (C=O) groups excluding carboxylic acids is 2. The van der Waals surface area contributed by atoms with Crippen LogP contribution in [0.2, 0.25) is 0 Å². The first-order chi connectivity index (χ1) is 9.27. The average molecular weight is 275 g/mol. The SMILES string of the molecule is Cc1ccc(NC(=O)C2CC(=O)N(C(C)(C)C)C2)cn1. The normalized spacial score (nSPS) is 19.3. The topological polar surface area (TPSA) is 62.3 Å². The van der Waals surface area contributed by atoms with Crippen LogP contribution in [0.3, 0.4) is 0 Å². The zero-order valence-corrected chi connectivity index (χ0v) is 12.4. The fourth-order valence-electron chi connectivity index (χ4n) is 2.32. The zero-order chi connectivity index (χ0) is 14.9. The summed E-state index contributed by atoms with van der Waals surface area (Å²) in [7, 11) is 0. The number of anilines is 1. The highest BCUT2D eigenvalue weighted by atomic mass is 16.2. The van der Waals surface area contributed by atoms with E-state index in [0.717, 1.165) is 5.69 Å². The molecule has 5 nitrogen and oxygen atoms in total. The maximum absolute atomic E-state index is 12.2. The number of amides is 2. The molecule has 20 heavy (non-hydrogen) atoms. The van der Waals surface area contributed by atoms with Crippen molar-refractivity contribution in [2.45, 2.75) is 39.7 Å². The summed E-state index contributed by atoms with van der Waals surface area (Å²) in [5, 5.41) is 2.82. The molecule has 108 valence electrons. The van der Waals surface area contributed by atoms with E-state index < -0.39 is 0 Å². The Kier molecular flexibility index (Phi) is 3.79. The minimum Gasteiger partial charge on any atom is -0.337 e. The molecule has 2 rings (SSSR count). The van der Waals surface area contributed by atoms with Gasteiger partial charge in [0.2, 0.25) is 11.8 Å². The van der Waals surface area contributed by atoms with E-state index in [0.29, 0.717) is 12.2 Å². The van der Waals surface area contributed by atoms with Crippen LogP contribution in [0.5, 0.6) is 0 Å². The molecule has 5 heteroatoms. The first-order valence-corrected chi connectivity index (χ1v) is 6.81. The van der Waals surface area contributed by atoms with Crippen molar-refractivity contribution in [3.05, 3.63) is 24.0 Å². The van der Waals surface area contributed by atoms with Gasteiger partial charge in [-0.3, -0.25) is 14.6 Å². The molecule has 1 atom stereocenters. The fraction of sp³-hybridized carbons (Fsp3) is 0.533. The summed E-state index contributed by atoms with van der Waals surface area (Å²) in [6.45, 7) is 8.31. The van der Waals surface area contributed by atoms with Crippen LogP contribution in [0.15, 0.2) is 18.3 Å². The van der Waals surface area contributed by atoms with E-state index in [-0.39, 0.29) is 29.7 Å². The van der Waals surface area contributed by atoms with Gasteiger partial charge in [0.15, 0.2) is 0 Å². The van der Waals surface area contributed by atoms with Crippen molar-refractivity contribution in [1.82, 2.24) is 9.88 Å². The van der Waals surface area contributed by atoms with Crippen LogP contribution in [-0.4, -0.2) is 33.8 Å². The first-order valence-electron chi connectivity index (χ1n) is 6.81. The maximum atomic E-state index is 12.2. The smallest absolute Gasteiger partial charge is 0.229 e. The third-order valence-corrected chi connectivity index (χ3v) is 3.48. The van der Waals surface area contributed by atoms with E-state index >= 15 is 0 Å². The highest BCUT2D eigenvalue weighted by Gasteiger charge is 2.39. The van der Waals surface area contributed by atoms with E-state index in [4.69, 9.17) is 0 Å². The van der Waals surface area contributed by atoms with Gasteiger partial charge in [0, 0.05) is 24.2 Å². The van der Waals surface area contributed by atoms with Crippen molar-refractivity contribution in [2.75, 3.05) is 11.9 Å². The fourth-order valence-corrected chi connectivity index (χ4v) is 2.32. The van der Waals surface area contributed by atoms with Crippen molar-refractivity contribution in [3.63, 3.8) is 0 Å². The third kappa shape index (κ3) is 3.15. The second kappa shape index (κ2) is 5.23. The molecule has 0 spiro atoms. The molecular formula is C15H21N3O2. The number of nitrogens with one attached hydrogen (secondary N) is 1. The molecule has 1 aliphatic heterocycles. The number of aryl methyl sites for hydroxylation is 1. The molecule has 0 radical (unpaired) electrons. The van der Waals surface area contributed by atoms with Gasteiger partial charge >= 0.3 is 0 Å². The van der Waals surface area contributed by atoms with Crippen LogP contribution in [0.1, 0.15) is 32.9 Å². The quantitative estimate of drug-likeness (QED) is 0.897. The lowest BCUT2D eigenvalue weighted by molar-refractivity contribution is -0.131. The average Bonchev–Trinajstić information content (AvgIpc) is 2.74. The van der Waals surface area contributed by atoms with Gasteiger partial charge in [0.05, 0.1) is 17.8 Å². The lowest BCUT2D eigenvalue weighted by Crippen LogP contribution is -2.42. The standard InChI is InChI=1S/C15H21N3O2/c1-10-5-6-12(8-16-10)17-14(20)11-7-13(19)18(9-11)15(2,3)4/h5-6,8,11H,7,9H2,1-4H3,(H,17,20). The van der Waals surface area contributed by atoms with Crippen LogP contribution in [0.25, 0.3) is 0 Å². The Balaban J connectivity index is 2.01. The van der Waals surface area contributed by atoms with Gasteiger partial charge in [0.1, 0.15) is 0 Å². The molecule has 1 unspecified atom stereocenters. The van der Waals surface area contributed by atoms with E-state index in [2.05, 4.69) is 10.3 Å². The minimum atomic E-state index is -0.289. The molecule has 2 amide bonds. The number of carbonyl (C=O) groups is 2. The molecule has 0 saturated carbocycles. The second-order valence-electron chi connectivity index (χ2n) is 6.25. The van der Waals surface area contributed by atoms with Gasteiger partial charge in [-0.2, -0.15) is 0 Å². The highest BCUT2D eigenvalue weighted by molar-refractivity contribution is 5.97. The van der Waals surface area contributed by atoms with Crippen LogP contribution in [-0.2, 0) is 9.59 Å². The summed E-state index contributed by atoms with van der Waals surface area (Å²) in [6.07, 6.45) is 1.91. The van der Waals surface area contributed by atoms with Crippen molar-refractivity contribution in [1.29, 1.82) is 0 Å². The number of likely N-dealkylation sites (tertiary alicyclic amines) is 1. The van der Waals surface area contributed by atoms with Gasteiger partial charge in [-0.25, -0.2) is 0 Å². The van der Waals surface area contributed by atoms with E-state index in [1.165, 1.54) is 0 Å². The predicted molar refractivity (Wildman–Crippen MR) is 77.2 cm³/mol. The van der Waals surface area contributed by atoms with Gasteiger partial charge in [-0.1, -0.05) is 0 Å². The predicted octanol–water partition coefficient (Wildman–Crippen LogP) is 1.98. The van der Waals surface area contributed by atoms with Gasteiger partial charge in [-0.15, -0.1) is 0 Å². The molecule has 1 aliphatic rings. The molecule has 2 heterocycles. The van der Waals surface area contributed by atoms with Crippen molar-refractivity contribution in [3.8, 4) is 0 Å². The first kappa shape index (κ1) is 14.5. The summed E-state index contributed by atoms with van der Waals surface area (Å²) < 4.78 is 0. The minimum absolute atomic E-state index is 0.0414. The molecule has 1 aromatic rings.